The Kier molecular flexibility index (Phi) is 6.31. The van der Waals surface area contributed by atoms with Crippen LogP contribution in [-0.2, 0) is 6.42 Å². The van der Waals surface area contributed by atoms with Gasteiger partial charge in [-0.2, -0.15) is 10.2 Å². The van der Waals surface area contributed by atoms with Crippen LogP contribution >= 0.6 is 0 Å². The lowest BCUT2D eigenvalue weighted by atomic mass is 9.95. The van der Waals surface area contributed by atoms with E-state index in [0.29, 0.717) is 5.92 Å². The lowest BCUT2D eigenvalue weighted by molar-refractivity contribution is 0.568. The van der Waals surface area contributed by atoms with Crippen LogP contribution in [0.15, 0.2) is 89.1 Å². The van der Waals surface area contributed by atoms with Gasteiger partial charge in [0.2, 0.25) is 0 Å². The topological polar surface area (TPSA) is 24.7 Å². The molecule has 1 atom stereocenters. The quantitative estimate of drug-likeness (QED) is 0.180. The van der Waals surface area contributed by atoms with Crippen LogP contribution in [0.2, 0.25) is 0 Å². The Hall–Kier alpha value is -3.00. The molecular weight excluding hydrogens is 352 g/mol. The first kappa shape index (κ1) is 19.3. The van der Waals surface area contributed by atoms with E-state index in [1.165, 1.54) is 47.1 Å². The predicted octanol–water partition coefficient (Wildman–Crippen LogP) is 6.93. The second-order valence-electron chi connectivity index (χ2n) is 7.75. The Morgan fingerprint density at radius 2 is 1.31 bits per heavy atom. The molecule has 1 aliphatic carbocycles. The molecular formula is C27H28N2. The summed E-state index contributed by atoms with van der Waals surface area (Å²) in [6, 6.07) is 27.7. The van der Waals surface area contributed by atoms with E-state index >= 15 is 0 Å². The summed E-state index contributed by atoms with van der Waals surface area (Å²) >= 11 is 0. The standard InChI is InChI=1S/C27H28N2/c1-2-3-5-14-22(19-21-12-6-4-7-13-21)20-28-29-27-25-17-10-8-15-23(25)24-16-9-11-18-26(24)27/h4,6-13,15-18,20,22H,2-3,5,14,19H2,1H3/b28-20+. The second-order valence-corrected chi connectivity index (χ2v) is 7.75. The third kappa shape index (κ3) is 4.54. The minimum atomic E-state index is 0.417. The van der Waals surface area contributed by atoms with Gasteiger partial charge in [0, 0.05) is 23.3 Å². The maximum atomic E-state index is 4.70. The molecule has 1 unspecified atom stereocenters. The van der Waals surface area contributed by atoms with Gasteiger partial charge in [0.05, 0.1) is 0 Å². The van der Waals surface area contributed by atoms with E-state index in [1.54, 1.807) is 0 Å². The maximum Gasteiger partial charge on any atom is 0.101 e. The number of hydrogen-bond acceptors (Lipinski definition) is 2. The van der Waals surface area contributed by atoms with Gasteiger partial charge < -0.3 is 0 Å². The minimum Gasteiger partial charge on any atom is -0.163 e. The van der Waals surface area contributed by atoms with Gasteiger partial charge in [-0.05, 0) is 29.5 Å². The van der Waals surface area contributed by atoms with Crippen molar-refractivity contribution in [3.05, 3.63) is 95.6 Å². The van der Waals surface area contributed by atoms with Crippen LogP contribution < -0.4 is 0 Å². The van der Waals surface area contributed by atoms with Crippen molar-refractivity contribution in [2.75, 3.05) is 0 Å². The Labute approximate surface area is 174 Å². The molecule has 4 rings (SSSR count). The van der Waals surface area contributed by atoms with Crippen molar-refractivity contribution < 1.29 is 0 Å². The molecule has 0 N–H and O–H groups in total. The average molecular weight is 381 g/mol. The van der Waals surface area contributed by atoms with Crippen LogP contribution in [0.3, 0.4) is 0 Å². The summed E-state index contributed by atoms with van der Waals surface area (Å²) in [6.45, 7) is 2.25. The molecule has 146 valence electrons. The zero-order valence-corrected chi connectivity index (χ0v) is 17.1. The largest absolute Gasteiger partial charge is 0.163 e. The summed E-state index contributed by atoms with van der Waals surface area (Å²) in [5.41, 5.74) is 7.21. The fourth-order valence-corrected chi connectivity index (χ4v) is 4.09. The Morgan fingerprint density at radius 1 is 0.724 bits per heavy atom. The summed E-state index contributed by atoms with van der Waals surface area (Å²) in [5.74, 6) is 0.417. The van der Waals surface area contributed by atoms with Crippen molar-refractivity contribution in [2.45, 2.75) is 39.0 Å². The molecule has 0 aliphatic heterocycles. The van der Waals surface area contributed by atoms with Crippen molar-refractivity contribution in [3.63, 3.8) is 0 Å². The number of rotatable bonds is 8. The third-order valence-electron chi connectivity index (χ3n) is 5.61. The van der Waals surface area contributed by atoms with Crippen molar-refractivity contribution >= 4 is 11.9 Å². The van der Waals surface area contributed by atoms with Gasteiger partial charge in [0.25, 0.3) is 0 Å². The van der Waals surface area contributed by atoms with Gasteiger partial charge in [0.1, 0.15) is 5.71 Å². The first-order valence-electron chi connectivity index (χ1n) is 10.7. The maximum absolute atomic E-state index is 4.70. The molecule has 0 heterocycles. The molecule has 0 bridgehead atoms. The molecule has 0 radical (unpaired) electrons. The number of fused-ring (bicyclic) bond motifs is 3. The predicted molar refractivity (Wildman–Crippen MR) is 124 cm³/mol. The normalized spacial score (nSPS) is 13.3. The number of unbranched alkanes of at least 4 members (excludes halogenated alkanes) is 2. The van der Waals surface area contributed by atoms with Crippen LogP contribution in [-0.4, -0.2) is 11.9 Å². The van der Waals surface area contributed by atoms with E-state index in [-0.39, 0.29) is 0 Å². The molecule has 0 spiro atoms. The molecule has 2 nitrogen and oxygen atoms in total. The van der Waals surface area contributed by atoms with Crippen molar-refractivity contribution in [1.82, 2.24) is 0 Å². The number of hydrogen-bond donors (Lipinski definition) is 0. The van der Waals surface area contributed by atoms with Crippen LogP contribution in [0.25, 0.3) is 11.1 Å². The monoisotopic (exact) mass is 380 g/mol. The average Bonchev–Trinajstić information content (AvgIpc) is 3.09. The van der Waals surface area contributed by atoms with E-state index in [9.17, 15) is 0 Å². The van der Waals surface area contributed by atoms with Crippen molar-refractivity contribution in [1.29, 1.82) is 0 Å². The van der Waals surface area contributed by atoms with Crippen LogP contribution in [0.1, 0.15) is 49.3 Å². The SMILES string of the molecule is CCCCCC(/C=N/N=C1c2ccccc2-c2ccccc21)Cc1ccccc1. The van der Waals surface area contributed by atoms with Crippen LogP contribution in [0.5, 0.6) is 0 Å². The third-order valence-corrected chi connectivity index (χ3v) is 5.61. The van der Waals surface area contributed by atoms with Crippen LogP contribution in [0.4, 0.5) is 0 Å². The first-order chi connectivity index (χ1) is 14.4. The van der Waals surface area contributed by atoms with Gasteiger partial charge in [0.15, 0.2) is 0 Å². The molecule has 3 aromatic carbocycles. The fourth-order valence-electron chi connectivity index (χ4n) is 4.09. The highest BCUT2D eigenvalue weighted by Crippen LogP contribution is 2.36. The van der Waals surface area contributed by atoms with Gasteiger partial charge in [-0.3, -0.25) is 0 Å². The Morgan fingerprint density at radius 3 is 1.93 bits per heavy atom. The number of nitrogens with zero attached hydrogens (tertiary/aromatic N) is 2. The Bertz CT molecular complexity index is 954. The zero-order valence-electron chi connectivity index (χ0n) is 17.1. The molecule has 0 aromatic heterocycles. The summed E-state index contributed by atoms with van der Waals surface area (Å²) in [6.07, 6.45) is 8.00. The molecule has 1 aliphatic rings. The van der Waals surface area contributed by atoms with Gasteiger partial charge >= 0.3 is 0 Å². The highest BCUT2D eigenvalue weighted by atomic mass is 15.2. The van der Waals surface area contributed by atoms with Gasteiger partial charge in [-0.1, -0.05) is 105 Å². The molecule has 2 heteroatoms. The summed E-state index contributed by atoms with van der Waals surface area (Å²) in [4.78, 5) is 0. The Balaban J connectivity index is 1.58. The molecule has 0 saturated carbocycles. The number of benzene rings is 3. The fraction of sp³-hybridized carbons (Fsp3) is 0.259. The summed E-state index contributed by atoms with van der Waals surface area (Å²) < 4.78 is 0. The van der Waals surface area contributed by atoms with E-state index in [0.717, 1.165) is 18.6 Å². The first-order valence-corrected chi connectivity index (χ1v) is 10.7. The van der Waals surface area contributed by atoms with E-state index < -0.39 is 0 Å². The molecule has 0 saturated heterocycles. The molecule has 29 heavy (non-hydrogen) atoms. The van der Waals surface area contributed by atoms with E-state index in [1.807, 2.05) is 0 Å². The van der Waals surface area contributed by atoms with Gasteiger partial charge in [-0.15, -0.1) is 0 Å². The molecule has 0 fully saturated rings. The molecule has 0 amide bonds. The van der Waals surface area contributed by atoms with E-state index in [2.05, 4.69) is 97.1 Å². The molecule has 3 aromatic rings. The lowest BCUT2D eigenvalue weighted by Crippen LogP contribution is -2.07. The van der Waals surface area contributed by atoms with Crippen molar-refractivity contribution in [2.24, 2.45) is 16.1 Å². The van der Waals surface area contributed by atoms with Crippen LogP contribution in [0, 0.1) is 5.92 Å². The highest BCUT2D eigenvalue weighted by Gasteiger charge is 2.23. The highest BCUT2D eigenvalue weighted by molar-refractivity contribution is 6.24. The van der Waals surface area contributed by atoms with Gasteiger partial charge in [-0.25, -0.2) is 0 Å². The van der Waals surface area contributed by atoms with E-state index in [4.69, 9.17) is 5.10 Å². The minimum absolute atomic E-state index is 0.417. The summed E-state index contributed by atoms with van der Waals surface area (Å²) in [5, 5.41) is 9.29. The lowest BCUT2D eigenvalue weighted by Gasteiger charge is -2.11. The van der Waals surface area contributed by atoms with Crippen molar-refractivity contribution in [3.8, 4) is 11.1 Å². The second kappa shape index (κ2) is 9.47. The smallest absolute Gasteiger partial charge is 0.101 e. The zero-order chi connectivity index (χ0) is 19.9. The summed E-state index contributed by atoms with van der Waals surface area (Å²) in [7, 11) is 0.